The number of carbonyl (C=O) groups is 1. The van der Waals surface area contributed by atoms with Crippen molar-refractivity contribution in [3.63, 3.8) is 0 Å². The Bertz CT molecular complexity index is 448. The highest BCUT2D eigenvalue weighted by molar-refractivity contribution is 6.33. The van der Waals surface area contributed by atoms with E-state index >= 15 is 0 Å². The average Bonchev–Trinajstić information content (AvgIpc) is 3.19. The summed E-state index contributed by atoms with van der Waals surface area (Å²) >= 11 is 5.96. The summed E-state index contributed by atoms with van der Waals surface area (Å²) < 4.78 is 0. The number of hydrogen-bond donors (Lipinski definition) is 2. The Morgan fingerprint density at radius 2 is 2.39 bits per heavy atom. The van der Waals surface area contributed by atoms with Crippen LogP contribution < -0.4 is 11.3 Å². The summed E-state index contributed by atoms with van der Waals surface area (Å²) in [5, 5.41) is 0.353. The van der Waals surface area contributed by atoms with E-state index in [2.05, 4.69) is 10.4 Å². The van der Waals surface area contributed by atoms with Crippen LogP contribution in [0.4, 0.5) is 5.82 Å². The van der Waals surface area contributed by atoms with E-state index in [1.165, 1.54) is 19.0 Å². The van der Waals surface area contributed by atoms with Gasteiger partial charge in [-0.2, -0.15) is 0 Å². The number of carbonyl (C=O) groups excluding carboxylic acids is 1. The molecular formula is C12H17ClN4O. The highest BCUT2D eigenvalue weighted by Crippen LogP contribution is 2.30. The van der Waals surface area contributed by atoms with Gasteiger partial charge < -0.3 is 10.3 Å². The number of hydrogen-bond acceptors (Lipinski definition) is 4. The second-order valence-electron chi connectivity index (χ2n) is 4.49. The summed E-state index contributed by atoms with van der Waals surface area (Å²) in [7, 11) is 0. The maximum atomic E-state index is 12.3. The van der Waals surface area contributed by atoms with E-state index in [0.29, 0.717) is 28.9 Å². The van der Waals surface area contributed by atoms with Crippen molar-refractivity contribution in [1.29, 1.82) is 0 Å². The molecule has 0 aromatic carbocycles. The second-order valence-corrected chi connectivity index (χ2v) is 4.89. The van der Waals surface area contributed by atoms with Gasteiger partial charge in [0.25, 0.3) is 5.91 Å². The molecule has 1 saturated carbocycles. The van der Waals surface area contributed by atoms with Crippen LogP contribution >= 0.6 is 11.6 Å². The van der Waals surface area contributed by atoms with Crippen LogP contribution in [0.2, 0.25) is 5.02 Å². The first-order valence-corrected chi connectivity index (χ1v) is 6.45. The first-order chi connectivity index (χ1) is 8.65. The monoisotopic (exact) mass is 268 g/mol. The highest BCUT2D eigenvalue weighted by atomic mass is 35.5. The van der Waals surface area contributed by atoms with Crippen molar-refractivity contribution in [2.45, 2.75) is 19.8 Å². The third-order valence-corrected chi connectivity index (χ3v) is 3.36. The molecule has 0 spiro atoms. The molecule has 1 heterocycles. The Kier molecular flexibility index (Phi) is 4.04. The largest absolute Gasteiger partial charge is 0.339 e. The molecule has 1 aromatic rings. The third-order valence-electron chi connectivity index (χ3n) is 3.07. The van der Waals surface area contributed by atoms with E-state index in [1.54, 1.807) is 6.07 Å². The van der Waals surface area contributed by atoms with Crippen molar-refractivity contribution in [1.82, 2.24) is 9.88 Å². The predicted molar refractivity (Wildman–Crippen MR) is 71.4 cm³/mol. The first kappa shape index (κ1) is 13.1. The number of aromatic nitrogens is 1. The lowest BCUT2D eigenvalue weighted by Gasteiger charge is -2.20. The molecule has 1 fully saturated rings. The Hall–Kier alpha value is -1.33. The van der Waals surface area contributed by atoms with Crippen LogP contribution in [-0.2, 0) is 0 Å². The molecule has 98 valence electrons. The fraction of sp³-hybridized carbons (Fsp3) is 0.500. The van der Waals surface area contributed by atoms with Crippen LogP contribution in [0, 0.1) is 5.92 Å². The minimum absolute atomic E-state index is 0.0256. The van der Waals surface area contributed by atoms with Gasteiger partial charge in [0.1, 0.15) is 0 Å². The van der Waals surface area contributed by atoms with Crippen molar-refractivity contribution >= 4 is 23.3 Å². The number of hydrazine groups is 1. The van der Waals surface area contributed by atoms with Crippen molar-refractivity contribution in [3.8, 4) is 0 Å². The Balaban J connectivity index is 2.13. The van der Waals surface area contributed by atoms with Gasteiger partial charge in [-0.3, -0.25) is 4.79 Å². The number of nitrogens with one attached hydrogen (secondary N) is 1. The molecule has 2 rings (SSSR count). The van der Waals surface area contributed by atoms with Crippen LogP contribution in [0.25, 0.3) is 0 Å². The second kappa shape index (κ2) is 5.54. The summed E-state index contributed by atoms with van der Waals surface area (Å²) in [5.74, 6) is 6.26. The molecule has 1 aliphatic rings. The fourth-order valence-corrected chi connectivity index (χ4v) is 2.03. The number of amides is 1. The molecule has 5 nitrogen and oxygen atoms in total. The number of anilines is 1. The minimum atomic E-state index is -0.0256. The lowest BCUT2D eigenvalue weighted by Crippen LogP contribution is -2.32. The van der Waals surface area contributed by atoms with Gasteiger partial charge in [0, 0.05) is 19.3 Å². The first-order valence-electron chi connectivity index (χ1n) is 6.07. The predicted octanol–water partition coefficient (Wildman–Crippen LogP) is 1.89. The molecule has 0 saturated heterocycles. The normalized spacial score (nSPS) is 14.4. The zero-order valence-corrected chi connectivity index (χ0v) is 11.1. The number of halogens is 1. The van der Waals surface area contributed by atoms with E-state index in [9.17, 15) is 4.79 Å². The van der Waals surface area contributed by atoms with Gasteiger partial charge in [0.2, 0.25) is 0 Å². The average molecular weight is 269 g/mol. The minimum Gasteiger partial charge on any atom is -0.339 e. The van der Waals surface area contributed by atoms with Crippen molar-refractivity contribution in [2.75, 3.05) is 18.5 Å². The van der Waals surface area contributed by atoms with Gasteiger partial charge in [-0.05, 0) is 31.7 Å². The number of nitrogens with two attached hydrogens (primary N) is 1. The standard InChI is InChI=1S/C12H17ClN4O/c1-2-17(7-8-3-4-8)12(18)9-5-10(13)11(16-14)15-6-9/h5-6,8H,2-4,7,14H2,1H3,(H,15,16). The fourth-order valence-electron chi connectivity index (χ4n) is 1.81. The number of nitrogen functional groups attached to an aromatic ring is 1. The zero-order valence-electron chi connectivity index (χ0n) is 10.3. The molecule has 3 N–H and O–H groups in total. The van der Waals surface area contributed by atoms with Crippen LogP contribution in [-0.4, -0.2) is 28.9 Å². The summed E-state index contributed by atoms with van der Waals surface area (Å²) in [5.41, 5.74) is 2.88. The van der Waals surface area contributed by atoms with Crippen LogP contribution in [0.5, 0.6) is 0 Å². The summed E-state index contributed by atoms with van der Waals surface area (Å²) in [6.07, 6.45) is 3.94. The molecular weight excluding hydrogens is 252 g/mol. The third kappa shape index (κ3) is 2.91. The van der Waals surface area contributed by atoms with Crippen LogP contribution in [0.3, 0.4) is 0 Å². The van der Waals surface area contributed by atoms with Gasteiger partial charge in [-0.15, -0.1) is 0 Å². The molecule has 18 heavy (non-hydrogen) atoms. The smallest absolute Gasteiger partial charge is 0.255 e. The zero-order chi connectivity index (χ0) is 13.1. The molecule has 0 atom stereocenters. The van der Waals surface area contributed by atoms with E-state index in [4.69, 9.17) is 17.4 Å². The number of rotatable bonds is 5. The topological polar surface area (TPSA) is 71.2 Å². The van der Waals surface area contributed by atoms with Crippen LogP contribution in [0.15, 0.2) is 12.3 Å². The Morgan fingerprint density at radius 1 is 1.67 bits per heavy atom. The van der Waals surface area contributed by atoms with E-state index < -0.39 is 0 Å². The lowest BCUT2D eigenvalue weighted by molar-refractivity contribution is 0.0756. The maximum Gasteiger partial charge on any atom is 0.255 e. The Labute approximate surface area is 111 Å². The van der Waals surface area contributed by atoms with Gasteiger partial charge in [0.15, 0.2) is 5.82 Å². The maximum absolute atomic E-state index is 12.3. The van der Waals surface area contributed by atoms with E-state index in [-0.39, 0.29) is 5.91 Å². The van der Waals surface area contributed by atoms with Crippen molar-refractivity contribution < 1.29 is 4.79 Å². The van der Waals surface area contributed by atoms with Crippen LogP contribution in [0.1, 0.15) is 30.1 Å². The van der Waals surface area contributed by atoms with Gasteiger partial charge in [-0.25, -0.2) is 10.8 Å². The number of pyridine rings is 1. The Morgan fingerprint density at radius 3 is 2.89 bits per heavy atom. The lowest BCUT2D eigenvalue weighted by atomic mass is 10.2. The van der Waals surface area contributed by atoms with Gasteiger partial charge in [0.05, 0.1) is 10.6 Å². The van der Waals surface area contributed by atoms with Gasteiger partial charge in [-0.1, -0.05) is 11.6 Å². The van der Waals surface area contributed by atoms with E-state index in [1.807, 2.05) is 11.8 Å². The summed E-state index contributed by atoms with van der Waals surface area (Å²) in [6, 6.07) is 1.60. The number of nitrogens with zero attached hydrogens (tertiary/aromatic N) is 2. The molecule has 6 heteroatoms. The van der Waals surface area contributed by atoms with Gasteiger partial charge >= 0.3 is 0 Å². The molecule has 0 aliphatic heterocycles. The van der Waals surface area contributed by atoms with E-state index in [0.717, 1.165) is 6.54 Å². The molecule has 1 aliphatic carbocycles. The SMILES string of the molecule is CCN(CC1CC1)C(=O)c1cnc(NN)c(Cl)c1. The highest BCUT2D eigenvalue weighted by Gasteiger charge is 2.26. The van der Waals surface area contributed by atoms with Crippen molar-refractivity contribution in [3.05, 3.63) is 22.8 Å². The molecule has 1 aromatic heterocycles. The quantitative estimate of drug-likeness (QED) is 0.632. The molecule has 0 radical (unpaired) electrons. The summed E-state index contributed by atoms with van der Waals surface area (Å²) in [4.78, 5) is 18.1. The molecule has 1 amide bonds. The molecule has 0 bridgehead atoms. The summed E-state index contributed by atoms with van der Waals surface area (Å²) in [6.45, 7) is 3.50. The molecule has 0 unspecified atom stereocenters. The van der Waals surface area contributed by atoms with Crippen molar-refractivity contribution in [2.24, 2.45) is 11.8 Å².